The van der Waals surface area contributed by atoms with Gasteiger partial charge in [-0.3, -0.25) is 4.79 Å². The Hall–Kier alpha value is -0.530. The molecular weight excluding hydrogens is 162 g/mol. The first kappa shape index (κ1) is 12.5. The molecule has 0 aromatic carbocycles. The van der Waals surface area contributed by atoms with Gasteiger partial charge in [0.05, 0.1) is 0 Å². The molecule has 0 aliphatic heterocycles. The van der Waals surface area contributed by atoms with Crippen molar-refractivity contribution >= 4 is 5.91 Å². The summed E-state index contributed by atoms with van der Waals surface area (Å²) in [6.45, 7) is 10.5. The van der Waals surface area contributed by atoms with Gasteiger partial charge in [-0.1, -0.05) is 27.2 Å². The van der Waals surface area contributed by atoms with Crippen LogP contribution in [0.1, 0.15) is 53.9 Å². The van der Waals surface area contributed by atoms with E-state index in [1.54, 1.807) is 0 Å². The van der Waals surface area contributed by atoms with Gasteiger partial charge in [0.15, 0.2) is 0 Å². The highest BCUT2D eigenvalue weighted by atomic mass is 16.1. The number of rotatable bonds is 5. The van der Waals surface area contributed by atoms with Crippen molar-refractivity contribution in [2.24, 2.45) is 5.92 Å². The maximum absolute atomic E-state index is 11.4. The summed E-state index contributed by atoms with van der Waals surface area (Å²) in [5.74, 6) is 0.652. The largest absolute Gasteiger partial charge is 0.351 e. The molecule has 0 aromatic heterocycles. The molecule has 2 heteroatoms. The van der Waals surface area contributed by atoms with Gasteiger partial charge in [-0.15, -0.1) is 0 Å². The summed E-state index contributed by atoms with van der Waals surface area (Å²) in [5, 5.41) is 3.05. The van der Waals surface area contributed by atoms with Gasteiger partial charge in [-0.2, -0.15) is 0 Å². The van der Waals surface area contributed by atoms with Crippen LogP contribution in [0.5, 0.6) is 0 Å². The van der Waals surface area contributed by atoms with Crippen LogP contribution in [0, 0.1) is 5.92 Å². The van der Waals surface area contributed by atoms with Crippen molar-refractivity contribution in [3.63, 3.8) is 0 Å². The maximum atomic E-state index is 11.4. The number of amides is 1. The lowest BCUT2D eigenvalue weighted by molar-refractivity contribution is -0.123. The van der Waals surface area contributed by atoms with Crippen LogP contribution in [0.4, 0.5) is 0 Å². The van der Waals surface area contributed by atoms with Crippen LogP contribution in [-0.2, 0) is 4.79 Å². The maximum Gasteiger partial charge on any atom is 0.220 e. The topological polar surface area (TPSA) is 29.1 Å². The van der Waals surface area contributed by atoms with Crippen LogP contribution in [0.3, 0.4) is 0 Å². The molecule has 0 aliphatic rings. The van der Waals surface area contributed by atoms with Crippen LogP contribution in [0.15, 0.2) is 0 Å². The summed E-state index contributed by atoms with van der Waals surface area (Å²) in [6.07, 6.45) is 2.72. The summed E-state index contributed by atoms with van der Waals surface area (Å²) in [6, 6.07) is 0. The molecular formula is C11H23NO. The average molecular weight is 185 g/mol. The molecule has 0 saturated carbocycles. The molecule has 78 valence electrons. The zero-order valence-electron chi connectivity index (χ0n) is 9.61. The van der Waals surface area contributed by atoms with Gasteiger partial charge >= 0.3 is 0 Å². The Bertz CT molecular complexity index is 161. The molecule has 2 nitrogen and oxygen atoms in total. The molecule has 1 N–H and O–H groups in total. The van der Waals surface area contributed by atoms with E-state index in [4.69, 9.17) is 0 Å². The summed E-state index contributed by atoms with van der Waals surface area (Å²) >= 11 is 0. The molecule has 0 saturated heterocycles. The summed E-state index contributed by atoms with van der Waals surface area (Å²) in [4.78, 5) is 11.4. The van der Waals surface area contributed by atoms with Crippen molar-refractivity contribution in [3.8, 4) is 0 Å². The Kier molecular flexibility index (Phi) is 5.04. The number of carbonyl (C=O) groups is 1. The average Bonchev–Trinajstić information content (AvgIpc) is 1.99. The molecule has 0 rings (SSSR count). The van der Waals surface area contributed by atoms with E-state index in [0.29, 0.717) is 12.3 Å². The Morgan fingerprint density at radius 1 is 1.38 bits per heavy atom. The van der Waals surface area contributed by atoms with Gasteiger partial charge in [0.1, 0.15) is 0 Å². The molecule has 0 spiro atoms. The second-order valence-electron chi connectivity index (χ2n) is 4.53. The Morgan fingerprint density at radius 3 is 2.31 bits per heavy atom. The molecule has 0 unspecified atom stereocenters. The van der Waals surface area contributed by atoms with Crippen LogP contribution < -0.4 is 5.32 Å². The predicted octanol–water partition coefficient (Wildman–Crippen LogP) is 2.73. The molecule has 0 radical (unpaired) electrons. The molecule has 0 atom stereocenters. The third-order valence-electron chi connectivity index (χ3n) is 2.66. The number of carbonyl (C=O) groups excluding carboxylic acids is 1. The van der Waals surface area contributed by atoms with E-state index in [0.717, 1.165) is 12.8 Å². The van der Waals surface area contributed by atoms with E-state index >= 15 is 0 Å². The third kappa shape index (κ3) is 4.91. The lowest BCUT2D eigenvalue weighted by Gasteiger charge is -2.30. The highest BCUT2D eigenvalue weighted by Crippen LogP contribution is 2.15. The van der Waals surface area contributed by atoms with Crippen LogP contribution in [-0.4, -0.2) is 11.4 Å². The first-order chi connectivity index (χ1) is 5.90. The van der Waals surface area contributed by atoms with E-state index in [1.807, 2.05) is 0 Å². The second kappa shape index (κ2) is 5.25. The summed E-state index contributed by atoms with van der Waals surface area (Å²) < 4.78 is 0. The first-order valence-corrected chi connectivity index (χ1v) is 5.21. The zero-order valence-corrected chi connectivity index (χ0v) is 9.61. The minimum Gasteiger partial charge on any atom is -0.351 e. The van der Waals surface area contributed by atoms with Crippen molar-refractivity contribution in [1.82, 2.24) is 5.32 Å². The fraction of sp³-hybridized carbons (Fsp3) is 0.909. The van der Waals surface area contributed by atoms with Gasteiger partial charge in [-0.25, -0.2) is 0 Å². The van der Waals surface area contributed by atoms with Crippen molar-refractivity contribution in [2.75, 3.05) is 0 Å². The third-order valence-corrected chi connectivity index (χ3v) is 2.66. The number of hydrogen-bond acceptors (Lipinski definition) is 1. The normalized spacial score (nSPS) is 11.8. The van der Waals surface area contributed by atoms with Gasteiger partial charge in [0, 0.05) is 12.0 Å². The Labute approximate surface area is 82.1 Å². The first-order valence-electron chi connectivity index (χ1n) is 5.21. The van der Waals surface area contributed by atoms with Gasteiger partial charge in [-0.05, 0) is 26.2 Å². The van der Waals surface area contributed by atoms with Gasteiger partial charge < -0.3 is 5.32 Å². The van der Waals surface area contributed by atoms with E-state index in [1.165, 1.54) is 0 Å². The minimum absolute atomic E-state index is 0.0785. The van der Waals surface area contributed by atoms with E-state index in [2.05, 4.69) is 39.9 Å². The van der Waals surface area contributed by atoms with E-state index < -0.39 is 0 Å². The zero-order chi connectivity index (χ0) is 10.5. The molecule has 0 aliphatic carbocycles. The number of hydrogen-bond donors (Lipinski definition) is 1. The van der Waals surface area contributed by atoms with Crippen LogP contribution in [0.25, 0.3) is 0 Å². The van der Waals surface area contributed by atoms with Crippen molar-refractivity contribution < 1.29 is 4.79 Å². The predicted molar refractivity (Wildman–Crippen MR) is 56.6 cm³/mol. The standard InChI is InChI=1S/C11H23NO/c1-6-7-8-10(13)12-11(4,5)9(2)3/h9H,6-8H2,1-5H3,(H,12,13). The molecule has 1 amide bonds. The fourth-order valence-corrected chi connectivity index (χ4v) is 0.904. The van der Waals surface area contributed by atoms with Crippen molar-refractivity contribution in [1.29, 1.82) is 0 Å². The summed E-state index contributed by atoms with van der Waals surface area (Å²) in [5.41, 5.74) is -0.0785. The molecule has 0 aromatic rings. The number of nitrogens with one attached hydrogen (secondary N) is 1. The van der Waals surface area contributed by atoms with Gasteiger partial charge in [0.25, 0.3) is 0 Å². The van der Waals surface area contributed by atoms with Crippen molar-refractivity contribution in [3.05, 3.63) is 0 Å². The fourth-order valence-electron chi connectivity index (χ4n) is 0.904. The number of unbranched alkanes of at least 4 members (excludes halogenated alkanes) is 1. The smallest absolute Gasteiger partial charge is 0.220 e. The highest BCUT2D eigenvalue weighted by molar-refractivity contribution is 5.76. The van der Waals surface area contributed by atoms with Crippen LogP contribution >= 0.6 is 0 Å². The van der Waals surface area contributed by atoms with Crippen LogP contribution in [0.2, 0.25) is 0 Å². The molecule has 0 fully saturated rings. The highest BCUT2D eigenvalue weighted by Gasteiger charge is 2.23. The minimum atomic E-state index is -0.0785. The lowest BCUT2D eigenvalue weighted by Crippen LogP contribution is -2.47. The SMILES string of the molecule is CCCCC(=O)NC(C)(C)C(C)C. The molecule has 13 heavy (non-hydrogen) atoms. The lowest BCUT2D eigenvalue weighted by atomic mass is 9.90. The Morgan fingerprint density at radius 2 is 1.92 bits per heavy atom. The molecule has 0 heterocycles. The summed E-state index contributed by atoms with van der Waals surface area (Å²) in [7, 11) is 0. The van der Waals surface area contributed by atoms with E-state index in [9.17, 15) is 4.79 Å². The molecule has 0 bridgehead atoms. The van der Waals surface area contributed by atoms with Gasteiger partial charge in [0.2, 0.25) is 5.91 Å². The van der Waals surface area contributed by atoms with E-state index in [-0.39, 0.29) is 11.4 Å². The quantitative estimate of drug-likeness (QED) is 0.701. The monoisotopic (exact) mass is 185 g/mol. The van der Waals surface area contributed by atoms with Crippen molar-refractivity contribution in [2.45, 2.75) is 59.4 Å². The second-order valence-corrected chi connectivity index (χ2v) is 4.53. The Balaban J connectivity index is 3.90.